The molecule has 14 nitrogen and oxygen atoms in total. The molecule has 1 saturated heterocycles. The average Bonchev–Trinajstić information content (AvgIpc) is 3.60. The Labute approximate surface area is 246 Å². The molecule has 0 aliphatic carbocycles. The highest BCUT2D eigenvalue weighted by Gasteiger charge is 2.39. The molecule has 1 aromatic carbocycles. The number of hydrogen-bond acceptors (Lipinski definition) is 10. The second-order valence-electron chi connectivity index (χ2n) is 10.2. The number of hydrogen-bond donors (Lipinski definition) is 4. The minimum absolute atomic E-state index is 0.0421. The number of nitrogens with zero attached hydrogens (tertiary/aromatic N) is 4. The monoisotopic (exact) mass is 616 g/mol. The van der Waals surface area contributed by atoms with E-state index < -0.39 is 22.2 Å². The largest absolute Gasteiger partial charge is 0.453 e. The summed E-state index contributed by atoms with van der Waals surface area (Å²) in [6, 6.07) is 5.59. The molecule has 4 N–H and O–H groups in total. The number of methoxy groups -OCH3 is 1. The Hall–Kier alpha value is -3.86. The smallest absolute Gasteiger partial charge is 0.412 e. The van der Waals surface area contributed by atoms with Crippen LogP contribution in [0.3, 0.4) is 0 Å². The van der Waals surface area contributed by atoms with Crippen molar-refractivity contribution < 1.29 is 27.5 Å². The summed E-state index contributed by atoms with van der Waals surface area (Å²) in [7, 11) is 0.670. The fraction of sp³-hybridized carbons (Fsp3) is 0.423. The zero-order valence-electron chi connectivity index (χ0n) is 23.4. The molecule has 16 heteroatoms. The maximum Gasteiger partial charge on any atom is 0.412 e. The van der Waals surface area contributed by atoms with Gasteiger partial charge in [-0.25, -0.2) is 18.2 Å². The molecule has 3 amide bonds. The Morgan fingerprint density at radius 2 is 2.00 bits per heavy atom. The minimum Gasteiger partial charge on any atom is -0.453 e. The first kappa shape index (κ1) is 29.6. The maximum absolute atomic E-state index is 13.7. The van der Waals surface area contributed by atoms with E-state index in [0.717, 1.165) is 30.1 Å². The van der Waals surface area contributed by atoms with Crippen LogP contribution in [-0.2, 0) is 32.5 Å². The average molecular weight is 617 g/mol. The third kappa shape index (κ3) is 5.88. The Kier molecular flexibility index (Phi) is 8.32. The van der Waals surface area contributed by atoms with Crippen molar-refractivity contribution in [3.63, 3.8) is 0 Å². The van der Waals surface area contributed by atoms with Crippen LogP contribution in [0.15, 0.2) is 29.3 Å². The number of alkyl carbamates (subject to hydrolysis) is 1. The van der Waals surface area contributed by atoms with E-state index in [1.165, 1.54) is 35.9 Å². The van der Waals surface area contributed by atoms with Gasteiger partial charge < -0.3 is 24.8 Å². The van der Waals surface area contributed by atoms with Gasteiger partial charge in [-0.2, -0.15) is 4.31 Å². The zero-order chi connectivity index (χ0) is 30.2. The summed E-state index contributed by atoms with van der Waals surface area (Å²) < 4.78 is 33.3. The zero-order valence-corrected chi connectivity index (χ0v) is 25.0. The number of aromatic nitrogens is 2. The van der Waals surface area contributed by atoms with Crippen molar-refractivity contribution in [2.24, 2.45) is 0 Å². The molecule has 0 bridgehead atoms. The van der Waals surface area contributed by atoms with Crippen LogP contribution in [0.2, 0.25) is 0 Å². The van der Waals surface area contributed by atoms with Crippen LogP contribution in [0.25, 0.3) is 10.9 Å². The molecule has 224 valence electrons. The summed E-state index contributed by atoms with van der Waals surface area (Å²) >= 11 is 1.35. The molecule has 5 rings (SSSR count). The third-order valence-corrected chi connectivity index (χ3v) is 10.3. The molecule has 42 heavy (non-hydrogen) atoms. The molecule has 2 aliphatic rings. The first-order chi connectivity index (χ1) is 20.0. The number of amidine groups is 1. The van der Waals surface area contributed by atoms with Gasteiger partial charge in [0.25, 0.3) is 15.9 Å². The van der Waals surface area contributed by atoms with Crippen molar-refractivity contribution >= 4 is 56.0 Å². The standard InChI is InChI=1S/C26H32N8O6S2/c1-28-21(35)12-17-13-33(8-9-34(17)25(36)24-30-18-6-7-32(2)14-20(18)41-24)42(38,39)22-11-15-4-5-16(10-19(15)29-22)23(27)31-26(37)40-3/h4-5,10-11,17,29H,6-9,12-14H2,1-3H3,(H,28,35)(H2,27,31,37). The number of nitrogens with one attached hydrogen (secondary N) is 4. The highest BCUT2D eigenvalue weighted by molar-refractivity contribution is 7.89. The topological polar surface area (TPSA) is 181 Å². The van der Waals surface area contributed by atoms with E-state index in [9.17, 15) is 22.8 Å². The van der Waals surface area contributed by atoms with Gasteiger partial charge in [0.05, 0.1) is 18.8 Å². The Morgan fingerprint density at radius 3 is 2.74 bits per heavy atom. The quantitative estimate of drug-likeness (QED) is 0.233. The molecule has 2 aliphatic heterocycles. The number of carbonyl (C=O) groups excluding carboxylic acids is 3. The van der Waals surface area contributed by atoms with Gasteiger partial charge in [-0.3, -0.25) is 20.3 Å². The van der Waals surface area contributed by atoms with Gasteiger partial charge in [0.2, 0.25) is 5.91 Å². The normalized spacial score (nSPS) is 18.0. The molecule has 4 heterocycles. The van der Waals surface area contributed by atoms with Crippen molar-refractivity contribution in [2.45, 2.75) is 30.5 Å². The first-order valence-electron chi connectivity index (χ1n) is 13.3. The molecule has 2 aromatic heterocycles. The van der Waals surface area contributed by atoms with Crippen LogP contribution >= 0.6 is 11.3 Å². The van der Waals surface area contributed by atoms with E-state index in [4.69, 9.17) is 5.41 Å². The number of thiazole rings is 1. The number of benzene rings is 1. The van der Waals surface area contributed by atoms with Crippen LogP contribution in [0.4, 0.5) is 4.79 Å². The van der Waals surface area contributed by atoms with Crippen LogP contribution in [0.5, 0.6) is 0 Å². The lowest BCUT2D eigenvalue weighted by atomic mass is 10.1. The molecule has 1 unspecified atom stereocenters. The number of sulfonamides is 1. The highest BCUT2D eigenvalue weighted by atomic mass is 32.2. The second kappa shape index (κ2) is 11.8. The van der Waals surface area contributed by atoms with E-state index in [1.54, 1.807) is 23.1 Å². The van der Waals surface area contributed by atoms with Gasteiger partial charge in [-0.05, 0) is 19.2 Å². The predicted octanol–water partition coefficient (Wildman–Crippen LogP) is 0.945. The Bertz CT molecular complexity index is 1670. The van der Waals surface area contributed by atoms with E-state index in [2.05, 4.69) is 30.2 Å². The number of ether oxygens (including phenoxy) is 1. The SMILES string of the molecule is CNC(=O)CC1CN(S(=O)(=O)c2cc3ccc(C(=N)NC(=O)OC)cc3[nH]2)CCN1C(=O)c1nc2c(s1)CN(C)CC2. The molecule has 0 spiro atoms. The lowest BCUT2D eigenvalue weighted by molar-refractivity contribution is -0.121. The van der Waals surface area contributed by atoms with Gasteiger partial charge in [0.15, 0.2) is 5.01 Å². The highest BCUT2D eigenvalue weighted by Crippen LogP contribution is 2.29. The van der Waals surface area contributed by atoms with Crippen LogP contribution in [0, 0.1) is 5.41 Å². The number of carbonyl (C=O) groups is 3. The van der Waals surface area contributed by atoms with Crippen molar-refractivity contribution in [3.8, 4) is 0 Å². The lowest BCUT2D eigenvalue weighted by Crippen LogP contribution is -2.57. The molecule has 1 atom stereocenters. The second-order valence-corrected chi connectivity index (χ2v) is 13.2. The number of H-pyrrole nitrogens is 1. The fourth-order valence-electron chi connectivity index (χ4n) is 5.10. The van der Waals surface area contributed by atoms with E-state index in [1.807, 2.05) is 7.05 Å². The lowest BCUT2D eigenvalue weighted by Gasteiger charge is -2.40. The van der Waals surface area contributed by atoms with Gasteiger partial charge in [0, 0.05) is 74.0 Å². The van der Waals surface area contributed by atoms with Crippen LogP contribution in [-0.4, -0.2) is 110 Å². The van der Waals surface area contributed by atoms with Gasteiger partial charge >= 0.3 is 6.09 Å². The number of aromatic amines is 1. The first-order valence-corrected chi connectivity index (χ1v) is 15.5. The van der Waals surface area contributed by atoms with Crippen LogP contribution < -0.4 is 10.6 Å². The molecule has 1 fully saturated rings. The van der Waals surface area contributed by atoms with Crippen molar-refractivity contribution in [2.75, 3.05) is 47.4 Å². The van der Waals surface area contributed by atoms with Crippen LogP contribution in [0.1, 0.15) is 32.4 Å². The van der Waals surface area contributed by atoms with Crippen molar-refractivity contribution in [3.05, 3.63) is 45.4 Å². The Balaban J connectivity index is 1.37. The van der Waals surface area contributed by atoms with E-state index in [-0.39, 0.29) is 48.7 Å². The molecular weight excluding hydrogens is 584 g/mol. The number of piperazine rings is 1. The van der Waals surface area contributed by atoms with Gasteiger partial charge in [0.1, 0.15) is 10.9 Å². The third-order valence-electron chi connectivity index (χ3n) is 7.43. The minimum atomic E-state index is -4.03. The molecule has 0 saturated carbocycles. The summed E-state index contributed by atoms with van der Waals surface area (Å²) in [6.07, 6.45) is -0.0908. The summed E-state index contributed by atoms with van der Waals surface area (Å²) in [6.45, 7) is 1.67. The molecular formula is C26H32N8O6S2. The Morgan fingerprint density at radius 1 is 1.21 bits per heavy atom. The summed E-state index contributed by atoms with van der Waals surface area (Å²) in [5, 5.41) is 13.8. The maximum atomic E-state index is 13.7. The predicted molar refractivity (Wildman–Crippen MR) is 155 cm³/mol. The number of fused-ring (bicyclic) bond motifs is 2. The van der Waals surface area contributed by atoms with Crippen molar-refractivity contribution in [1.29, 1.82) is 5.41 Å². The van der Waals surface area contributed by atoms with Crippen molar-refractivity contribution in [1.82, 2.24) is 34.7 Å². The molecule has 3 aromatic rings. The fourth-order valence-corrected chi connectivity index (χ4v) is 7.73. The summed E-state index contributed by atoms with van der Waals surface area (Å²) in [5.74, 6) is -0.809. The number of rotatable bonds is 6. The summed E-state index contributed by atoms with van der Waals surface area (Å²) in [4.78, 5) is 49.8. The summed E-state index contributed by atoms with van der Waals surface area (Å²) in [5.41, 5.74) is 1.73. The van der Waals surface area contributed by atoms with E-state index >= 15 is 0 Å². The molecule has 0 radical (unpaired) electrons. The van der Waals surface area contributed by atoms with Gasteiger partial charge in [-0.1, -0.05) is 12.1 Å². The number of likely N-dealkylation sites (N-methyl/N-ethyl adjacent to an activating group) is 1. The number of amides is 3. The van der Waals surface area contributed by atoms with E-state index in [0.29, 0.717) is 21.5 Å². The van der Waals surface area contributed by atoms with Gasteiger partial charge in [-0.15, -0.1) is 11.3 Å².